The number of nitrogens with zero attached hydrogens (tertiary/aromatic N) is 3. The summed E-state index contributed by atoms with van der Waals surface area (Å²) in [5.41, 5.74) is 2.20. The number of ether oxygens (including phenoxy) is 2. The van der Waals surface area contributed by atoms with E-state index in [9.17, 15) is 0 Å². The molecule has 1 atom stereocenters. The van der Waals surface area contributed by atoms with Crippen molar-refractivity contribution in [3.8, 4) is 11.3 Å². The molecule has 2 aromatic heterocycles. The highest BCUT2D eigenvalue weighted by Gasteiger charge is 2.14. The van der Waals surface area contributed by atoms with Crippen LogP contribution in [0, 0.1) is 0 Å². The van der Waals surface area contributed by atoms with Crippen molar-refractivity contribution < 1.29 is 9.47 Å². The monoisotopic (exact) mass is 273 g/mol. The lowest BCUT2D eigenvalue weighted by atomic mass is 10.2. The molecule has 1 fully saturated rings. The summed E-state index contributed by atoms with van der Waals surface area (Å²) in [5, 5.41) is 4.35. The van der Waals surface area contributed by atoms with E-state index in [2.05, 4.69) is 10.1 Å². The molecule has 106 valence electrons. The largest absolute Gasteiger partial charge is 0.353 e. The number of hydrogen-bond donors (Lipinski definition) is 0. The van der Waals surface area contributed by atoms with E-state index in [1.165, 1.54) is 6.42 Å². The van der Waals surface area contributed by atoms with Gasteiger partial charge in [-0.25, -0.2) is 0 Å². The van der Waals surface area contributed by atoms with E-state index in [0.717, 1.165) is 37.3 Å². The number of rotatable bonds is 5. The van der Waals surface area contributed by atoms with Gasteiger partial charge >= 0.3 is 0 Å². The van der Waals surface area contributed by atoms with Gasteiger partial charge in [0, 0.05) is 30.8 Å². The second kappa shape index (κ2) is 6.63. The second-order valence-corrected chi connectivity index (χ2v) is 4.84. The van der Waals surface area contributed by atoms with E-state index in [1.54, 1.807) is 12.4 Å². The maximum atomic E-state index is 5.75. The molecule has 0 spiro atoms. The molecule has 5 heteroatoms. The summed E-state index contributed by atoms with van der Waals surface area (Å²) >= 11 is 0. The van der Waals surface area contributed by atoms with E-state index in [1.807, 2.05) is 29.1 Å². The first kappa shape index (κ1) is 13.3. The molecule has 0 aromatic carbocycles. The Morgan fingerprint density at radius 2 is 2.10 bits per heavy atom. The fraction of sp³-hybridized carbons (Fsp3) is 0.467. The first-order chi connectivity index (χ1) is 9.93. The van der Waals surface area contributed by atoms with Crippen LogP contribution in [-0.4, -0.2) is 34.3 Å². The molecule has 3 heterocycles. The minimum atomic E-state index is -0.0383. The van der Waals surface area contributed by atoms with Crippen LogP contribution in [0.15, 0.2) is 36.8 Å². The molecule has 3 rings (SSSR count). The highest BCUT2D eigenvalue weighted by molar-refractivity contribution is 5.58. The van der Waals surface area contributed by atoms with Gasteiger partial charge in [0.2, 0.25) is 0 Å². The van der Waals surface area contributed by atoms with Gasteiger partial charge in [0.1, 0.15) is 0 Å². The fourth-order valence-corrected chi connectivity index (χ4v) is 2.39. The Morgan fingerprint density at radius 3 is 2.90 bits per heavy atom. The van der Waals surface area contributed by atoms with Gasteiger partial charge < -0.3 is 9.47 Å². The lowest BCUT2D eigenvalue weighted by Crippen LogP contribution is -2.24. The molecule has 0 radical (unpaired) electrons. The summed E-state index contributed by atoms with van der Waals surface area (Å²) in [7, 11) is 0. The topological polar surface area (TPSA) is 49.2 Å². The summed E-state index contributed by atoms with van der Waals surface area (Å²) in [4.78, 5) is 4.04. The molecule has 5 nitrogen and oxygen atoms in total. The summed E-state index contributed by atoms with van der Waals surface area (Å²) in [6, 6.07) is 5.98. The van der Waals surface area contributed by atoms with Crippen molar-refractivity contribution in [1.29, 1.82) is 0 Å². The zero-order chi connectivity index (χ0) is 13.6. The summed E-state index contributed by atoms with van der Waals surface area (Å²) in [5.74, 6) is 0. The molecule has 1 saturated heterocycles. The molecule has 0 unspecified atom stereocenters. The van der Waals surface area contributed by atoms with Crippen LogP contribution < -0.4 is 0 Å². The molecule has 0 bridgehead atoms. The van der Waals surface area contributed by atoms with Crippen molar-refractivity contribution in [1.82, 2.24) is 14.8 Å². The van der Waals surface area contributed by atoms with E-state index in [4.69, 9.17) is 9.47 Å². The highest BCUT2D eigenvalue weighted by atomic mass is 16.7. The minimum Gasteiger partial charge on any atom is -0.353 e. The molecule has 20 heavy (non-hydrogen) atoms. The van der Waals surface area contributed by atoms with Crippen LogP contribution >= 0.6 is 0 Å². The van der Waals surface area contributed by atoms with Gasteiger partial charge in [0.15, 0.2) is 6.29 Å². The normalized spacial score (nSPS) is 19.1. The van der Waals surface area contributed by atoms with Crippen LogP contribution in [0.25, 0.3) is 11.3 Å². The highest BCUT2D eigenvalue weighted by Crippen LogP contribution is 2.18. The zero-order valence-electron chi connectivity index (χ0n) is 11.4. The average Bonchev–Trinajstić information content (AvgIpc) is 2.98. The Bertz CT molecular complexity index is 521. The second-order valence-electron chi connectivity index (χ2n) is 4.84. The SMILES string of the molecule is c1cc(-c2ccnn2CCO[C@@H]2CCCCO2)ccn1. The number of hydrogen-bond acceptors (Lipinski definition) is 4. The summed E-state index contributed by atoms with van der Waals surface area (Å²) in [6.07, 6.45) is 8.69. The molecule has 2 aromatic rings. The van der Waals surface area contributed by atoms with Crippen molar-refractivity contribution in [3.05, 3.63) is 36.8 Å². The molecule has 0 saturated carbocycles. The predicted molar refractivity (Wildman–Crippen MR) is 75.0 cm³/mol. The molecule has 0 aliphatic carbocycles. The van der Waals surface area contributed by atoms with Gasteiger partial charge in [-0.1, -0.05) is 0 Å². The third-order valence-corrected chi connectivity index (χ3v) is 3.44. The Labute approximate surface area is 118 Å². The number of pyridine rings is 1. The first-order valence-electron chi connectivity index (χ1n) is 7.09. The van der Waals surface area contributed by atoms with Crippen LogP contribution in [0.3, 0.4) is 0 Å². The third-order valence-electron chi connectivity index (χ3n) is 3.44. The Morgan fingerprint density at radius 1 is 1.20 bits per heavy atom. The quantitative estimate of drug-likeness (QED) is 0.839. The van der Waals surface area contributed by atoms with Crippen LogP contribution in [0.5, 0.6) is 0 Å². The minimum absolute atomic E-state index is 0.0383. The molecule has 1 aliphatic rings. The van der Waals surface area contributed by atoms with E-state index in [-0.39, 0.29) is 6.29 Å². The average molecular weight is 273 g/mol. The summed E-state index contributed by atoms with van der Waals surface area (Å²) in [6.45, 7) is 2.16. The molecular weight excluding hydrogens is 254 g/mol. The Hall–Kier alpha value is -1.72. The zero-order valence-corrected chi connectivity index (χ0v) is 11.4. The van der Waals surface area contributed by atoms with Gasteiger partial charge in [-0.05, 0) is 37.5 Å². The predicted octanol–water partition coefficient (Wildman–Crippen LogP) is 2.49. The number of aromatic nitrogens is 3. The van der Waals surface area contributed by atoms with Crippen molar-refractivity contribution in [3.63, 3.8) is 0 Å². The maximum absolute atomic E-state index is 5.75. The fourth-order valence-electron chi connectivity index (χ4n) is 2.39. The molecule has 1 aliphatic heterocycles. The Kier molecular flexibility index (Phi) is 4.40. The Balaban J connectivity index is 1.57. The van der Waals surface area contributed by atoms with Gasteiger partial charge in [-0.3, -0.25) is 9.67 Å². The molecule has 0 amide bonds. The van der Waals surface area contributed by atoms with E-state index >= 15 is 0 Å². The summed E-state index contributed by atoms with van der Waals surface area (Å²) < 4.78 is 13.3. The third kappa shape index (κ3) is 3.23. The van der Waals surface area contributed by atoms with Crippen molar-refractivity contribution >= 4 is 0 Å². The van der Waals surface area contributed by atoms with Gasteiger partial charge in [-0.2, -0.15) is 5.10 Å². The first-order valence-corrected chi connectivity index (χ1v) is 7.09. The van der Waals surface area contributed by atoms with Gasteiger partial charge in [-0.15, -0.1) is 0 Å². The van der Waals surface area contributed by atoms with Crippen molar-refractivity contribution in [2.45, 2.75) is 32.1 Å². The van der Waals surface area contributed by atoms with Crippen molar-refractivity contribution in [2.75, 3.05) is 13.2 Å². The molecular formula is C15H19N3O2. The van der Waals surface area contributed by atoms with E-state index < -0.39 is 0 Å². The van der Waals surface area contributed by atoms with Crippen LogP contribution in [-0.2, 0) is 16.0 Å². The van der Waals surface area contributed by atoms with Crippen LogP contribution in [0.4, 0.5) is 0 Å². The lowest BCUT2D eigenvalue weighted by molar-refractivity contribution is -0.163. The van der Waals surface area contributed by atoms with E-state index in [0.29, 0.717) is 6.61 Å². The lowest BCUT2D eigenvalue weighted by Gasteiger charge is -2.22. The van der Waals surface area contributed by atoms with Crippen molar-refractivity contribution in [2.24, 2.45) is 0 Å². The van der Waals surface area contributed by atoms with Crippen LogP contribution in [0.1, 0.15) is 19.3 Å². The maximum Gasteiger partial charge on any atom is 0.157 e. The van der Waals surface area contributed by atoms with Gasteiger partial charge in [0.25, 0.3) is 0 Å². The van der Waals surface area contributed by atoms with Crippen LogP contribution in [0.2, 0.25) is 0 Å². The molecule has 0 N–H and O–H groups in total. The smallest absolute Gasteiger partial charge is 0.157 e. The standard InChI is InChI=1S/C15H19N3O2/c1-2-11-19-15(3-1)20-12-10-18-14(6-9-17-18)13-4-7-16-8-5-13/h4-9,15H,1-3,10-12H2/t15-/m1/s1. The van der Waals surface area contributed by atoms with Gasteiger partial charge in [0.05, 0.1) is 18.8 Å².